The Morgan fingerprint density at radius 3 is 2.33 bits per heavy atom. The van der Waals surface area contributed by atoms with Crippen molar-refractivity contribution in [2.24, 2.45) is 0 Å². The van der Waals surface area contributed by atoms with Gasteiger partial charge in [0.25, 0.3) is 5.91 Å². The van der Waals surface area contributed by atoms with E-state index < -0.39 is 12.0 Å². The summed E-state index contributed by atoms with van der Waals surface area (Å²) < 4.78 is 10.8. The van der Waals surface area contributed by atoms with Crippen LogP contribution in [0.1, 0.15) is 43.4 Å². The number of para-hydroxylation sites is 1. The van der Waals surface area contributed by atoms with Gasteiger partial charge in [0, 0.05) is 0 Å². The lowest BCUT2D eigenvalue weighted by molar-refractivity contribution is -0.137. The predicted molar refractivity (Wildman–Crippen MR) is 102 cm³/mol. The van der Waals surface area contributed by atoms with Gasteiger partial charge in [-0.05, 0) is 35.2 Å². The molecule has 0 bridgehead atoms. The molecule has 1 amide bonds. The van der Waals surface area contributed by atoms with Gasteiger partial charge in [0.2, 0.25) is 0 Å². The van der Waals surface area contributed by atoms with Crippen LogP contribution in [-0.2, 0) is 9.59 Å². The summed E-state index contributed by atoms with van der Waals surface area (Å²) in [5.74, 6) is 0.204. The van der Waals surface area contributed by atoms with Gasteiger partial charge in [-0.2, -0.15) is 0 Å². The molecule has 0 aliphatic carbocycles. The maximum absolute atomic E-state index is 12.3. The standard InChI is InChI=1S/C21H25NO5/c1-14(2)17-6-4-5-7-19(17)27-13-20(23)22-18(12-21(24)25)15-8-10-16(26-3)11-9-15/h4-11,14,18H,12-13H2,1-3H3,(H,22,23)(H,24,25). The number of carbonyl (C=O) groups excluding carboxylic acids is 1. The number of aliphatic carboxylic acids is 1. The fraction of sp³-hybridized carbons (Fsp3) is 0.333. The zero-order valence-corrected chi connectivity index (χ0v) is 15.8. The first-order valence-corrected chi connectivity index (χ1v) is 8.77. The number of carbonyl (C=O) groups is 2. The van der Waals surface area contributed by atoms with Crippen LogP contribution in [0.25, 0.3) is 0 Å². The molecule has 2 N–H and O–H groups in total. The largest absolute Gasteiger partial charge is 0.497 e. The Labute approximate surface area is 159 Å². The second-order valence-electron chi connectivity index (χ2n) is 6.47. The van der Waals surface area contributed by atoms with Gasteiger partial charge in [-0.25, -0.2) is 0 Å². The first-order chi connectivity index (χ1) is 12.9. The molecule has 1 atom stereocenters. The van der Waals surface area contributed by atoms with E-state index in [2.05, 4.69) is 19.2 Å². The molecule has 27 heavy (non-hydrogen) atoms. The second-order valence-corrected chi connectivity index (χ2v) is 6.47. The van der Waals surface area contributed by atoms with Crippen LogP contribution in [0.2, 0.25) is 0 Å². The smallest absolute Gasteiger partial charge is 0.305 e. The van der Waals surface area contributed by atoms with Crippen molar-refractivity contribution in [3.8, 4) is 11.5 Å². The molecule has 0 heterocycles. The van der Waals surface area contributed by atoms with Crippen molar-refractivity contribution in [1.82, 2.24) is 5.32 Å². The van der Waals surface area contributed by atoms with Gasteiger partial charge < -0.3 is 19.9 Å². The Morgan fingerprint density at radius 2 is 1.74 bits per heavy atom. The second kappa shape index (κ2) is 9.62. The SMILES string of the molecule is COc1ccc(C(CC(=O)O)NC(=O)COc2ccccc2C(C)C)cc1. The highest BCUT2D eigenvalue weighted by Gasteiger charge is 2.19. The first kappa shape index (κ1) is 20.3. The maximum Gasteiger partial charge on any atom is 0.305 e. The van der Waals surface area contributed by atoms with Gasteiger partial charge in [-0.15, -0.1) is 0 Å². The molecular formula is C21H25NO5. The number of hydrogen-bond donors (Lipinski definition) is 2. The van der Waals surface area contributed by atoms with Crippen molar-refractivity contribution in [1.29, 1.82) is 0 Å². The highest BCUT2D eigenvalue weighted by molar-refractivity contribution is 5.79. The normalized spacial score (nSPS) is 11.7. The van der Waals surface area contributed by atoms with Crippen LogP contribution >= 0.6 is 0 Å². The maximum atomic E-state index is 12.3. The summed E-state index contributed by atoms with van der Waals surface area (Å²) in [6.45, 7) is 3.92. The zero-order valence-electron chi connectivity index (χ0n) is 15.8. The lowest BCUT2D eigenvalue weighted by Gasteiger charge is -2.19. The first-order valence-electron chi connectivity index (χ1n) is 8.77. The van der Waals surface area contributed by atoms with Crippen molar-refractivity contribution in [3.63, 3.8) is 0 Å². The van der Waals surface area contributed by atoms with E-state index in [1.807, 2.05) is 24.3 Å². The van der Waals surface area contributed by atoms with E-state index in [-0.39, 0.29) is 24.9 Å². The monoisotopic (exact) mass is 371 g/mol. The Hall–Kier alpha value is -3.02. The summed E-state index contributed by atoms with van der Waals surface area (Å²) in [5.41, 5.74) is 1.71. The van der Waals surface area contributed by atoms with Gasteiger partial charge in [0.1, 0.15) is 11.5 Å². The molecule has 6 heteroatoms. The molecule has 144 valence electrons. The third-order valence-electron chi connectivity index (χ3n) is 4.13. The minimum Gasteiger partial charge on any atom is -0.497 e. The summed E-state index contributed by atoms with van der Waals surface area (Å²) in [7, 11) is 1.55. The average molecular weight is 371 g/mol. The molecule has 1 unspecified atom stereocenters. The van der Waals surface area contributed by atoms with E-state index in [0.717, 1.165) is 5.56 Å². The van der Waals surface area contributed by atoms with E-state index in [4.69, 9.17) is 14.6 Å². The minimum absolute atomic E-state index is 0.185. The third kappa shape index (κ3) is 6.02. The number of ether oxygens (including phenoxy) is 2. The molecule has 0 radical (unpaired) electrons. The summed E-state index contributed by atoms with van der Waals surface area (Å²) in [5, 5.41) is 11.9. The van der Waals surface area contributed by atoms with Gasteiger partial charge in [-0.1, -0.05) is 44.2 Å². The van der Waals surface area contributed by atoms with E-state index >= 15 is 0 Å². The van der Waals surface area contributed by atoms with Gasteiger partial charge in [0.05, 0.1) is 19.6 Å². The highest BCUT2D eigenvalue weighted by Crippen LogP contribution is 2.26. The van der Waals surface area contributed by atoms with Gasteiger partial charge >= 0.3 is 5.97 Å². The molecule has 0 aromatic heterocycles. The number of rotatable bonds is 9. The van der Waals surface area contributed by atoms with Crippen LogP contribution in [0.3, 0.4) is 0 Å². The minimum atomic E-state index is -0.998. The molecule has 2 rings (SSSR count). The van der Waals surface area contributed by atoms with E-state index in [9.17, 15) is 9.59 Å². The average Bonchev–Trinajstić information content (AvgIpc) is 2.65. The van der Waals surface area contributed by atoms with Gasteiger partial charge in [-0.3, -0.25) is 9.59 Å². The molecular weight excluding hydrogens is 346 g/mol. The quantitative estimate of drug-likeness (QED) is 0.704. The van der Waals surface area contributed by atoms with E-state index in [1.165, 1.54) is 0 Å². The number of hydrogen-bond acceptors (Lipinski definition) is 4. The molecule has 0 spiro atoms. The Bertz CT molecular complexity index is 770. The highest BCUT2D eigenvalue weighted by atomic mass is 16.5. The van der Waals surface area contributed by atoms with Crippen molar-refractivity contribution >= 4 is 11.9 Å². The summed E-state index contributed by atoms with van der Waals surface area (Å²) in [4.78, 5) is 23.5. The predicted octanol–water partition coefficient (Wildman–Crippen LogP) is 3.53. The lowest BCUT2D eigenvalue weighted by atomic mass is 10.0. The molecule has 0 saturated carbocycles. The number of benzene rings is 2. The molecule has 0 aliphatic rings. The van der Waals surface area contributed by atoms with Crippen LogP contribution in [-0.4, -0.2) is 30.7 Å². The Morgan fingerprint density at radius 1 is 1.07 bits per heavy atom. The number of nitrogens with one attached hydrogen (secondary N) is 1. The number of carboxylic acid groups (broad SMARTS) is 1. The fourth-order valence-electron chi connectivity index (χ4n) is 2.73. The third-order valence-corrected chi connectivity index (χ3v) is 4.13. The van der Waals surface area contributed by atoms with Crippen molar-refractivity contribution in [3.05, 3.63) is 59.7 Å². The molecule has 0 saturated heterocycles. The van der Waals surface area contributed by atoms with Crippen molar-refractivity contribution < 1.29 is 24.2 Å². The fourth-order valence-corrected chi connectivity index (χ4v) is 2.73. The number of carboxylic acids is 1. The molecule has 6 nitrogen and oxygen atoms in total. The van der Waals surface area contributed by atoms with Crippen LogP contribution in [0, 0.1) is 0 Å². The van der Waals surface area contributed by atoms with E-state index in [0.29, 0.717) is 17.1 Å². The number of methoxy groups -OCH3 is 1. The molecule has 0 fully saturated rings. The van der Waals surface area contributed by atoms with Crippen LogP contribution in [0.4, 0.5) is 0 Å². The summed E-state index contributed by atoms with van der Waals surface area (Å²) in [6, 6.07) is 13.8. The Kier molecular flexibility index (Phi) is 7.23. The van der Waals surface area contributed by atoms with Crippen LogP contribution < -0.4 is 14.8 Å². The molecule has 2 aromatic rings. The summed E-state index contributed by atoms with van der Waals surface area (Å²) >= 11 is 0. The molecule has 0 aliphatic heterocycles. The molecule has 2 aromatic carbocycles. The summed E-state index contributed by atoms with van der Waals surface area (Å²) in [6.07, 6.45) is -0.222. The lowest BCUT2D eigenvalue weighted by Crippen LogP contribution is -2.34. The van der Waals surface area contributed by atoms with E-state index in [1.54, 1.807) is 31.4 Å². The van der Waals surface area contributed by atoms with Crippen LogP contribution in [0.5, 0.6) is 11.5 Å². The van der Waals surface area contributed by atoms with Gasteiger partial charge in [0.15, 0.2) is 6.61 Å². The number of amides is 1. The van der Waals surface area contributed by atoms with Crippen molar-refractivity contribution in [2.75, 3.05) is 13.7 Å². The van der Waals surface area contributed by atoms with Crippen molar-refractivity contribution in [2.45, 2.75) is 32.2 Å². The van der Waals surface area contributed by atoms with Crippen LogP contribution in [0.15, 0.2) is 48.5 Å². The Balaban J connectivity index is 2.04. The topological polar surface area (TPSA) is 84.9 Å². The zero-order chi connectivity index (χ0) is 19.8.